The van der Waals surface area contributed by atoms with Crippen LogP contribution in [0.5, 0.6) is 0 Å². The number of hydrogen-bond acceptors (Lipinski definition) is 6. The number of sulfonamides is 1. The van der Waals surface area contributed by atoms with Gasteiger partial charge in [-0.3, -0.25) is 15.1 Å². The highest BCUT2D eigenvalue weighted by Crippen LogP contribution is 2.30. The Bertz CT molecular complexity index is 851. The predicted molar refractivity (Wildman–Crippen MR) is 91.9 cm³/mol. The van der Waals surface area contributed by atoms with Crippen molar-refractivity contribution in [2.45, 2.75) is 11.3 Å². The van der Waals surface area contributed by atoms with E-state index in [-0.39, 0.29) is 33.9 Å². The third-order valence-electron chi connectivity index (χ3n) is 3.82. The van der Waals surface area contributed by atoms with Crippen LogP contribution in [0.2, 0.25) is 0 Å². The molecule has 0 bridgehead atoms. The smallest absolute Gasteiger partial charge is 0.278 e. The van der Waals surface area contributed by atoms with E-state index >= 15 is 0 Å². The fourth-order valence-electron chi connectivity index (χ4n) is 2.70. The molecule has 0 atom stereocenters. The van der Waals surface area contributed by atoms with Gasteiger partial charge in [0.25, 0.3) is 5.69 Å². The zero-order chi connectivity index (χ0) is 16.4. The van der Waals surface area contributed by atoms with E-state index in [4.69, 9.17) is 0 Å². The summed E-state index contributed by atoms with van der Waals surface area (Å²) in [5.74, 6) is 0. The molecule has 24 heavy (non-hydrogen) atoms. The van der Waals surface area contributed by atoms with Crippen molar-refractivity contribution in [1.82, 2.24) is 14.6 Å². The maximum atomic E-state index is 12.9. The third kappa shape index (κ3) is 3.34. The van der Waals surface area contributed by atoms with Gasteiger partial charge in [0.05, 0.1) is 15.8 Å². The number of nitro benzene ring substituents is 1. The zero-order valence-corrected chi connectivity index (χ0v) is 14.3. The van der Waals surface area contributed by atoms with Crippen molar-refractivity contribution in [1.29, 1.82) is 0 Å². The minimum absolute atomic E-state index is 0. The Morgan fingerprint density at radius 3 is 2.75 bits per heavy atom. The summed E-state index contributed by atoms with van der Waals surface area (Å²) in [5.41, 5.74) is -0.0107. The molecule has 0 aliphatic carbocycles. The lowest BCUT2D eigenvalue weighted by molar-refractivity contribution is -0.383. The van der Waals surface area contributed by atoms with Crippen molar-refractivity contribution in [3.63, 3.8) is 0 Å². The van der Waals surface area contributed by atoms with Gasteiger partial charge in [-0.2, -0.15) is 4.31 Å². The zero-order valence-electron chi connectivity index (χ0n) is 12.7. The number of fused-ring (bicyclic) bond motifs is 1. The topological polar surface area (TPSA) is 105 Å². The SMILES string of the molecule is Cl.O=[N+]([O-])c1ccc(S(=O)(=O)N2CCCNCC2)c2ncccc12. The average Bonchev–Trinajstić information content (AvgIpc) is 2.83. The molecule has 0 amide bonds. The van der Waals surface area contributed by atoms with Crippen molar-refractivity contribution in [2.75, 3.05) is 26.2 Å². The molecule has 2 aromatic rings. The molecular formula is C14H17ClN4O4S. The summed E-state index contributed by atoms with van der Waals surface area (Å²) in [5, 5.41) is 14.5. The molecule has 0 spiro atoms. The normalized spacial score (nSPS) is 16.3. The van der Waals surface area contributed by atoms with E-state index < -0.39 is 14.9 Å². The monoisotopic (exact) mass is 372 g/mol. The highest BCUT2D eigenvalue weighted by atomic mass is 35.5. The molecule has 8 nitrogen and oxygen atoms in total. The second-order valence-corrected chi connectivity index (χ2v) is 7.15. The maximum absolute atomic E-state index is 12.9. The number of hydrogen-bond donors (Lipinski definition) is 1. The van der Waals surface area contributed by atoms with Crippen molar-refractivity contribution >= 4 is 39.0 Å². The standard InChI is InChI=1S/C14H16N4O4S.ClH/c19-18(20)12-4-5-13(14-11(12)3-1-7-16-14)23(21,22)17-9-2-6-15-8-10-17;/h1,3-5,7,15H,2,6,8-10H2;1H. The van der Waals surface area contributed by atoms with Crippen LogP contribution in [0, 0.1) is 10.1 Å². The van der Waals surface area contributed by atoms with Gasteiger partial charge in [-0.05, 0) is 31.2 Å². The molecule has 1 aromatic heterocycles. The highest BCUT2D eigenvalue weighted by molar-refractivity contribution is 7.89. The van der Waals surface area contributed by atoms with E-state index in [1.165, 1.54) is 28.7 Å². The van der Waals surface area contributed by atoms with Crippen molar-refractivity contribution in [2.24, 2.45) is 0 Å². The van der Waals surface area contributed by atoms with Gasteiger partial charge < -0.3 is 5.32 Å². The third-order valence-corrected chi connectivity index (χ3v) is 5.75. The minimum atomic E-state index is -3.75. The first-order valence-corrected chi connectivity index (χ1v) is 8.69. The Hall–Kier alpha value is -1.81. The van der Waals surface area contributed by atoms with Crippen LogP contribution in [0.3, 0.4) is 0 Å². The minimum Gasteiger partial charge on any atom is -0.315 e. The van der Waals surface area contributed by atoms with E-state index in [0.717, 1.165) is 13.0 Å². The molecule has 1 N–H and O–H groups in total. The summed E-state index contributed by atoms with van der Waals surface area (Å²) < 4.78 is 27.3. The molecule has 1 saturated heterocycles. The Labute approximate surface area is 145 Å². The number of nitro groups is 1. The molecule has 0 unspecified atom stereocenters. The van der Waals surface area contributed by atoms with Crippen LogP contribution < -0.4 is 5.32 Å². The Morgan fingerprint density at radius 1 is 1.21 bits per heavy atom. The summed E-state index contributed by atoms with van der Waals surface area (Å²) in [6.07, 6.45) is 2.16. The number of nitrogens with one attached hydrogen (secondary N) is 1. The largest absolute Gasteiger partial charge is 0.315 e. The van der Waals surface area contributed by atoms with Crippen molar-refractivity contribution in [3.8, 4) is 0 Å². The molecule has 0 saturated carbocycles. The molecule has 0 radical (unpaired) electrons. The van der Waals surface area contributed by atoms with Crippen LogP contribution in [-0.2, 0) is 10.0 Å². The molecule has 2 heterocycles. The number of pyridine rings is 1. The summed E-state index contributed by atoms with van der Waals surface area (Å²) in [6, 6.07) is 5.58. The molecule has 1 fully saturated rings. The van der Waals surface area contributed by atoms with Gasteiger partial charge in [0, 0.05) is 31.9 Å². The number of benzene rings is 1. The van der Waals surface area contributed by atoms with E-state index in [9.17, 15) is 18.5 Å². The van der Waals surface area contributed by atoms with Gasteiger partial charge in [-0.1, -0.05) is 0 Å². The number of nitrogens with zero attached hydrogens (tertiary/aromatic N) is 3. The van der Waals surface area contributed by atoms with Crippen LogP contribution in [0.4, 0.5) is 5.69 Å². The van der Waals surface area contributed by atoms with Gasteiger partial charge in [0.1, 0.15) is 4.90 Å². The predicted octanol–water partition coefficient (Wildman–Crippen LogP) is 1.55. The number of aromatic nitrogens is 1. The number of halogens is 1. The maximum Gasteiger partial charge on any atom is 0.278 e. The van der Waals surface area contributed by atoms with Crippen LogP contribution in [0.15, 0.2) is 35.4 Å². The van der Waals surface area contributed by atoms with E-state index in [1.54, 1.807) is 6.07 Å². The first-order valence-electron chi connectivity index (χ1n) is 7.25. The van der Waals surface area contributed by atoms with Gasteiger partial charge in [0.2, 0.25) is 10.0 Å². The average molecular weight is 373 g/mol. The van der Waals surface area contributed by atoms with Gasteiger partial charge in [-0.15, -0.1) is 12.4 Å². The number of rotatable bonds is 3. The lowest BCUT2D eigenvalue weighted by Crippen LogP contribution is -2.34. The second kappa shape index (κ2) is 7.39. The highest BCUT2D eigenvalue weighted by Gasteiger charge is 2.29. The summed E-state index contributed by atoms with van der Waals surface area (Å²) in [7, 11) is -3.75. The Balaban J connectivity index is 0.00000208. The molecule has 10 heteroatoms. The van der Waals surface area contributed by atoms with Crippen LogP contribution in [0.1, 0.15) is 6.42 Å². The fraction of sp³-hybridized carbons (Fsp3) is 0.357. The van der Waals surface area contributed by atoms with Gasteiger partial charge in [0.15, 0.2) is 0 Å². The Kier molecular flexibility index (Phi) is 5.70. The molecule has 1 aromatic carbocycles. The van der Waals surface area contributed by atoms with Gasteiger partial charge in [-0.25, -0.2) is 8.42 Å². The van der Waals surface area contributed by atoms with E-state index in [1.807, 2.05) is 0 Å². The van der Waals surface area contributed by atoms with Crippen LogP contribution >= 0.6 is 12.4 Å². The van der Waals surface area contributed by atoms with Gasteiger partial charge >= 0.3 is 0 Å². The van der Waals surface area contributed by atoms with E-state index in [2.05, 4.69) is 10.3 Å². The first-order chi connectivity index (χ1) is 11.0. The van der Waals surface area contributed by atoms with Crippen molar-refractivity contribution < 1.29 is 13.3 Å². The molecule has 1 aliphatic rings. The molecular weight excluding hydrogens is 356 g/mol. The summed E-state index contributed by atoms with van der Waals surface area (Å²) in [6.45, 7) is 2.14. The molecule has 3 rings (SSSR count). The quantitative estimate of drug-likeness (QED) is 0.647. The number of non-ortho nitro benzene ring substituents is 1. The Morgan fingerprint density at radius 2 is 2.00 bits per heavy atom. The lowest BCUT2D eigenvalue weighted by Gasteiger charge is -2.20. The molecule has 130 valence electrons. The summed E-state index contributed by atoms with van der Waals surface area (Å²) in [4.78, 5) is 14.7. The fourth-order valence-corrected chi connectivity index (χ4v) is 4.33. The first kappa shape index (κ1) is 18.5. The van der Waals surface area contributed by atoms with E-state index in [0.29, 0.717) is 19.6 Å². The van der Waals surface area contributed by atoms with Crippen molar-refractivity contribution in [3.05, 3.63) is 40.6 Å². The van der Waals surface area contributed by atoms with Crippen LogP contribution in [-0.4, -0.2) is 48.8 Å². The summed E-state index contributed by atoms with van der Waals surface area (Å²) >= 11 is 0. The second-order valence-electron chi connectivity index (χ2n) is 5.25. The lowest BCUT2D eigenvalue weighted by atomic mass is 10.2. The molecule has 1 aliphatic heterocycles. The van der Waals surface area contributed by atoms with Crippen LogP contribution in [0.25, 0.3) is 10.9 Å².